The number of rotatable bonds is 16. The summed E-state index contributed by atoms with van der Waals surface area (Å²) in [7, 11) is 3.30. The fourth-order valence-corrected chi connectivity index (χ4v) is 15.4. The number of nitrogens with one attached hydrogen (secondary N) is 8. The summed E-state index contributed by atoms with van der Waals surface area (Å²) in [5, 5.41) is 36.3. The molecule has 116 heavy (non-hydrogen) atoms. The smallest absolute Gasteiger partial charge is 0.332 e. The molecule has 12 rings (SSSR count). The maximum absolute atomic E-state index is 12.1. The van der Waals surface area contributed by atoms with Crippen LogP contribution in [0.4, 0.5) is 11.4 Å². The standard InChI is InChI=1S/C20H27N3O3.C18H23N3O3.C13H19ClN2O2.C13H20N2O3.C8H11BrO2.C8H12O2.C5H12N2O2/c1-5-26-19(24)17-12-21-18-15(10-20(2,3)11-16(18)23-17)22-13-6-8-14(25-4)9-7-13;1-18(2)8-13(20-11-4-6-12(24-3)7-5-11)16-14(9-18)21-15(10-19-16)17(22)23;1-4-18-12(17)10-7-15-11-8(14)5-13(2,3)6-9(11)16-10;1-4-18-12(17)9-7-14-11-8(15-9)5-13(2,3)6-10(11)16;1-8(2)3-5(10)7(9)6(11)4-8;1-8(2)4-6(9)3-7(10)5-8;1-2-9-5(8)4(7)3-6/h6-9,17,21-22H,5,10-12H2,1-4H3;4-7,15,19-20H,8-10H2,1-3H3,(H,22,23);5,10,15-16H,4,6-7H2,1-3H3;9,14-15H,4-7H2,1-3H3;7H,3-4H2,1-2H3;3-5H2,1-2H3;4H,2-3,6-7H2,1H3. The minimum absolute atomic E-state index is 0.00114. The average molecular weight is 1700 g/mol. The molecule has 0 radical (unpaired) electrons. The first-order chi connectivity index (χ1) is 54.3. The fourth-order valence-electron chi connectivity index (χ4n) is 14.6. The summed E-state index contributed by atoms with van der Waals surface area (Å²) in [4.78, 5) is 122. The molecule has 4 heterocycles. The van der Waals surface area contributed by atoms with Crippen LogP contribution in [0.25, 0.3) is 0 Å². The van der Waals surface area contributed by atoms with Gasteiger partial charge in [0.1, 0.15) is 46.0 Å². The third-order valence-corrected chi connectivity index (χ3v) is 21.1. The number of ketones is 5. The topological polar surface area (TPSA) is 419 Å². The molecule has 13 N–H and O–H groups in total. The minimum Gasteiger partial charge on any atom is -0.497 e. The molecule has 0 spiro atoms. The molecule has 6 aliphatic carbocycles. The van der Waals surface area contributed by atoms with E-state index in [2.05, 4.69) is 124 Å². The van der Waals surface area contributed by atoms with Gasteiger partial charge in [-0.15, -0.1) is 0 Å². The number of nitrogens with two attached hydrogens (primary N) is 2. The van der Waals surface area contributed by atoms with Crippen molar-refractivity contribution in [2.75, 3.05) is 84.0 Å². The molecule has 5 unspecified atom stereocenters. The molecule has 10 aliphatic rings. The Morgan fingerprint density at radius 3 is 1.33 bits per heavy atom. The van der Waals surface area contributed by atoms with Gasteiger partial charge in [0.15, 0.2) is 29.4 Å². The van der Waals surface area contributed by atoms with E-state index in [0.717, 1.165) is 118 Å². The van der Waals surface area contributed by atoms with Crippen LogP contribution < -0.4 is 63.5 Å². The molecule has 0 bridgehead atoms. The van der Waals surface area contributed by atoms with Crippen molar-refractivity contribution < 1.29 is 81.5 Å². The van der Waals surface area contributed by atoms with E-state index in [9.17, 15) is 53.1 Å². The number of allylic oxidation sites excluding steroid dienone is 9. The van der Waals surface area contributed by atoms with Crippen LogP contribution in [0.5, 0.6) is 11.5 Å². The number of carbonyl (C=O) groups excluding carboxylic acids is 9. The second kappa shape index (κ2) is 42.3. The summed E-state index contributed by atoms with van der Waals surface area (Å²) < 4.78 is 30.1. The van der Waals surface area contributed by atoms with Crippen LogP contribution in [0.15, 0.2) is 115 Å². The third kappa shape index (κ3) is 29.2. The summed E-state index contributed by atoms with van der Waals surface area (Å²) in [6.45, 7) is 35.4. The predicted octanol–water partition coefficient (Wildman–Crippen LogP) is 10.2. The van der Waals surface area contributed by atoms with Crippen LogP contribution in [-0.4, -0.2) is 184 Å². The zero-order valence-corrected chi connectivity index (χ0v) is 73.1. The Morgan fingerprint density at radius 2 is 0.905 bits per heavy atom. The lowest BCUT2D eigenvalue weighted by Gasteiger charge is -2.37. The second-order valence-electron chi connectivity index (χ2n) is 34.6. The molecule has 0 aromatic heterocycles. The largest absolute Gasteiger partial charge is 0.497 e. The number of carbonyl (C=O) groups is 10. The van der Waals surface area contributed by atoms with Crippen molar-refractivity contribution in [3.05, 3.63) is 105 Å². The van der Waals surface area contributed by atoms with Crippen LogP contribution in [0.1, 0.15) is 188 Å². The van der Waals surface area contributed by atoms with Gasteiger partial charge in [0.05, 0.1) is 86.3 Å². The minimum atomic E-state index is -0.887. The van der Waals surface area contributed by atoms with Gasteiger partial charge in [-0.1, -0.05) is 117 Å². The van der Waals surface area contributed by atoms with E-state index in [4.69, 9.17) is 51.7 Å². The molecule has 29 nitrogen and oxygen atoms in total. The SMILES string of the molecule is CC1(C)CC(=O)C(Br)C(=O)C1.CC1(C)CC(=O)CC(=O)C1.CCOC(=O)C(N)CN.CCOC(=O)C1CNC2=C(CC(C)(C)C=C2Cl)N1.CCOC(=O)C1CNC2=C(CC(C)(C)CC2=O)N1.CCOC(=O)C1CNC2=C(Nc3ccc(OC)cc3)CC(C)(C)CC2=N1.COc1ccc(NC2=C3NCC(C(=O)O)N=C3CC(C)(C)C2)cc1. The van der Waals surface area contributed by atoms with Gasteiger partial charge in [-0.25, -0.2) is 19.2 Å². The summed E-state index contributed by atoms with van der Waals surface area (Å²) in [6.07, 6.45) is 9.91. The monoisotopic (exact) mass is 1700 g/mol. The zero-order valence-electron chi connectivity index (χ0n) is 70.8. The number of hydrogen-bond donors (Lipinski definition) is 11. The summed E-state index contributed by atoms with van der Waals surface area (Å²) in [5.74, 6) is -0.0813. The zero-order chi connectivity index (χ0) is 86.4. The lowest BCUT2D eigenvalue weighted by molar-refractivity contribution is -0.146. The Hall–Kier alpha value is -9.13. The Morgan fingerprint density at radius 1 is 0.517 bits per heavy atom. The van der Waals surface area contributed by atoms with Gasteiger partial charge in [0.2, 0.25) is 0 Å². The van der Waals surface area contributed by atoms with Crippen molar-refractivity contribution in [2.45, 2.75) is 223 Å². The highest BCUT2D eigenvalue weighted by Crippen LogP contribution is 2.43. The third-order valence-electron chi connectivity index (χ3n) is 19.8. The summed E-state index contributed by atoms with van der Waals surface area (Å²) in [6, 6.07) is 13.0. The van der Waals surface area contributed by atoms with Crippen LogP contribution >= 0.6 is 27.5 Å². The lowest BCUT2D eigenvalue weighted by Crippen LogP contribution is -2.53. The van der Waals surface area contributed by atoms with Gasteiger partial charge in [0.25, 0.3) is 0 Å². The van der Waals surface area contributed by atoms with E-state index in [-0.39, 0.29) is 98.3 Å². The summed E-state index contributed by atoms with van der Waals surface area (Å²) in [5.41, 5.74) is 21.4. The van der Waals surface area contributed by atoms with Gasteiger partial charge in [-0.2, -0.15) is 0 Å². The predicted molar refractivity (Wildman–Crippen MR) is 451 cm³/mol. The summed E-state index contributed by atoms with van der Waals surface area (Å²) >= 11 is 9.32. The number of alkyl halides is 1. The van der Waals surface area contributed by atoms with E-state index in [1.54, 1.807) is 28.1 Å². The second-order valence-corrected chi connectivity index (χ2v) is 36.0. The van der Waals surface area contributed by atoms with Crippen LogP contribution in [0.3, 0.4) is 0 Å². The van der Waals surface area contributed by atoms with Gasteiger partial charge < -0.3 is 87.5 Å². The number of anilines is 2. The molecule has 640 valence electrons. The van der Waals surface area contributed by atoms with Crippen molar-refractivity contribution >= 4 is 109 Å². The van der Waals surface area contributed by atoms with E-state index >= 15 is 0 Å². The number of nitrogens with zero attached hydrogens (tertiary/aromatic N) is 2. The Kier molecular flexibility index (Phi) is 34.9. The first-order valence-electron chi connectivity index (χ1n) is 39.7. The average Bonchev–Trinajstić information content (AvgIpc) is 0.790. The van der Waals surface area contributed by atoms with Gasteiger partial charge in [-0.3, -0.25) is 38.8 Å². The highest BCUT2D eigenvalue weighted by atomic mass is 79.9. The highest BCUT2D eigenvalue weighted by Gasteiger charge is 2.42. The maximum atomic E-state index is 12.1. The first-order valence-corrected chi connectivity index (χ1v) is 41.0. The Bertz CT molecular complexity index is 4060. The lowest BCUT2D eigenvalue weighted by atomic mass is 9.76. The number of ether oxygens (including phenoxy) is 6. The number of fused-ring (bicyclic) bond motifs is 2. The van der Waals surface area contributed by atoms with E-state index in [0.29, 0.717) is 90.4 Å². The van der Waals surface area contributed by atoms with Crippen molar-refractivity contribution in [1.82, 2.24) is 31.9 Å². The molecule has 5 atom stereocenters. The molecule has 2 saturated carbocycles. The van der Waals surface area contributed by atoms with Crippen molar-refractivity contribution in [3.63, 3.8) is 0 Å². The van der Waals surface area contributed by atoms with Crippen molar-refractivity contribution in [2.24, 2.45) is 53.9 Å². The van der Waals surface area contributed by atoms with Gasteiger partial charge in [-0.05, 0) is 147 Å². The van der Waals surface area contributed by atoms with Crippen LogP contribution in [0.2, 0.25) is 0 Å². The number of esters is 4. The Labute approximate surface area is 696 Å². The number of aliphatic carboxylic acids is 1. The van der Waals surface area contributed by atoms with Gasteiger partial charge >= 0.3 is 29.8 Å². The normalized spacial score (nSPS) is 22.9. The fraction of sp³-hybridized carbons (Fsp3) is 0.600. The molecular weight excluding hydrogens is 1580 g/mol. The van der Waals surface area contributed by atoms with E-state index < -0.39 is 40.9 Å². The number of carboxylic acids is 1. The number of Topliss-reactive ketones (excluding diaryl/α,β-unsaturated/α-hetero) is 5. The number of benzene rings is 2. The molecule has 2 aromatic carbocycles. The molecule has 0 amide bonds. The number of methoxy groups -OCH3 is 2. The number of halogens is 2. The first kappa shape index (κ1) is 95.7. The van der Waals surface area contributed by atoms with Crippen molar-refractivity contribution in [1.29, 1.82) is 0 Å². The number of carboxylic acid groups (broad SMARTS) is 1. The van der Waals surface area contributed by atoms with E-state index in [1.807, 2.05) is 96.1 Å². The van der Waals surface area contributed by atoms with E-state index in [1.165, 1.54) is 0 Å². The number of hydrogen-bond acceptors (Lipinski definition) is 28. The quantitative estimate of drug-likeness (QED) is 0.0322. The molecule has 2 aromatic rings. The van der Waals surface area contributed by atoms with Crippen LogP contribution in [-0.2, 0) is 66.9 Å². The maximum Gasteiger partial charge on any atom is 0.332 e. The van der Waals surface area contributed by atoms with Crippen molar-refractivity contribution in [3.8, 4) is 11.5 Å². The van der Waals surface area contributed by atoms with Crippen LogP contribution in [0, 0.1) is 32.5 Å². The number of aliphatic imine (C=N–C) groups is 2. The molecule has 2 fully saturated rings. The molecule has 0 saturated heterocycles. The molecule has 31 heteroatoms. The molecular formula is C85H124BrClN12O17. The molecule has 4 aliphatic heterocycles. The van der Waals surface area contributed by atoms with Gasteiger partial charge in [0, 0.05) is 99.0 Å². The highest BCUT2D eigenvalue weighted by molar-refractivity contribution is 9.10. The Balaban J connectivity index is 0.000000217.